The highest BCUT2D eigenvalue weighted by atomic mass is 32.2. The Kier molecular flexibility index (Phi) is 5.76. The van der Waals surface area contributed by atoms with Gasteiger partial charge in [0.25, 0.3) is 0 Å². The Morgan fingerprint density at radius 1 is 1.22 bits per heavy atom. The molecule has 6 nitrogen and oxygen atoms in total. The van der Waals surface area contributed by atoms with Gasteiger partial charge in [-0.15, -0.1) is 0 Å². The van der Waals surface area contributed by atoms with Gasteiger partial charge in [0, 0.05) is 24.8 Å². The second-order valence-electron chi connectivity index (χ2n) is 6.68. The summed E-state index contributed by atoms with van der Waals surface area (Å²) in [6.45, 7) is 0.883. The lowest BCUT2D eigenvalue weighted by Gasteiger charge is -2.33. The molecule has 0 aliphatic carbocycles. The van der Waals surface area contributed by atoms with Crippen molar-refractivity contribution in [2.75, 3.05) is 18.8 Å². The monoisotopic (exact) mass is 391 g/mol. The summed E-state index contributed by atoms with van der Waals surface area (Å²) in [5, 5.41) is 0. The normalized spacial score (nSPS) is 17.7. The smallest absolute Gasteiger partial charge is 0.240 e. The van der Waals surface area contributed by atoms with E-state index in [-0.39, 0.29) is 17.2 Å². The Hall–Kier alpha value is -2.45. The molecule has 1 aliphatic heterocycles. The molecule has 0 saturated carbocycles. The van der Waals surface area contributed by atoms with Crippen molar-refractivity contribution < 1.29 is 17.6 Å². The second kappa shape index (κ2) is 8.06. The summed E-state index contributed by atoms with van der Waals surface area (Å²) in [7, 11) is -3.84. The van der Waals surface area contributed by atoms with Gasteiger partial charge in [-0.05, 0) is 48.7 Å². The third-order valence-electron chi connectivity index (χ3n) is 4.54. The van der Waals surface area contributed by atoms with E-state index < -0.39 is 21.9 Å². The Morgan fingerprint density at radius 2 is 1.96 bits per heavy atom. The minimum atomic E-state index is -3.84. The van der Waals surface area contributed by atoms with Crippen LogP contribution >= 0.6 is 0 Å². The molecule has 0 radical (unpaired) electrons. The van der Waals surface area contributed by atoms with E-state index in [9.17, 15) is 17.6 Å². The van der Waals surface area contributed by atoms with Crippen LogP contribution in [0.15, 0.2) is 53.4 Å². The van der Waals surface area contributed by atoms with Gasteiger partial charge in [-0.1, -0.05) is 18.2 Å². The first-order chi connectivity index (χ1) is 12.8. The number of nitrogens with two attached hydrogens (primary N) is 1. The highest BCUT2D eigenvalue weighted by Crippen LogP contribution is 2.17. The molecule has 0 aromatic heterocycles. The van der Waals surface area contributed by atoms with Crippen LogP contribution < -0.4 is 10.5 Å². The molecule has 1 amide bonds. The molecule has 2 aromatic carbocycles. The predicted octanol–water partition coefficient (Wildman–Crippen LogP) is 1.92. The summed E-state index contributed by atoms with van der Waals surface area (Å²) in [5.74, 6) is -0.670. The van der Waals surface area contributed by atoms with Crippen molar-refractivity contribution in [3.63, 3.8) is 0 Å². The number of halogens is 1. The van der Waals surface area contributed by atoms with Crippen LogP contribution in [-0.2, 0) is 21.2 Å². The number of piperidine rings is 1. The van der Waals surface area contributed by atoms with Crippen molar-refractivity contribution in [2.45, 2.75) is 30.2 Å². The van der Waals surface area contributed by atoms with Gasteiger partial charge >= 0.3 is 0 Å². The lowest BCUT2D eigenvalue weighted by molar-refractivity contribution is -0.131. The Bertz CT molecular complexity index is 916. The first-order valence-electron chi connectivity index (χ1n) is 8.73. The largest absolute Gasteiger partial charge is 0.399 e. The van der Waals surface area contributed by atoms with Gasteiger partial charge in [-0.3, -0.25) is 4.79 Å². The third kappa shape index (κ3) is 5.05. The van der Waals surface area contributed by atoms with Gasteiger partial charge in [0.2, 0.25) is 15.9 Å². The number of likely N-dealkylation sites (tertiary alicyclic amines) is 1. The average molecular weight is 391 g/mol. The first-order valence-corrected chi connectivity index (χ1v) is 10.2. The summed E-state index contributed by atoms with van der Waals surface area (Å²) < 4.78 is 40.8. The zero-order valence-electron chi connectivity index (χ0n) is 14.8. The second-order valence-corrected chi connectivity index (χ2v) is 8.39. The zero-order chi connectivity index (χ0) is 19.4. The zero-order valence-corrected chi connectivity index (χ0v) is 15.6. The number of hydrogen-bond acceptors (Lipinski definition) is 4. The van der Waals surface area contributed by atoms with Gasteiger partial charge in [-0.2, -0.15) is 0 Å². The molecule has 2 aromatic rings. The van der Waals surface area contributed by atoms with E-state index in [1.807, 2.05) is 0 Å². The molecule has 0 bridgehead atoms. The van der Waals surface area contributed by atoms with Crippen molar-refractivity contribution in [2.24, 2.45) is 0 Å². The predicted molar refractivity (Wildman–Crippen MR) is 101 cm³/mol. The fraction of sp³-hybridized carbons (Fsp3) is 0.316. The van der Waals surface area contributed by atoms with Crippen molar-refractivity contribution in [1.82, 2.24) is 9.62 Å². The van der Waals surface area contributed by atoms with Crippen LogP contribution in [0.2, 0.25) is 0 Å². The molecule has 1 unspecified atom stereocenters. The molecule has 1 atom stereocenters. The van der Waals surface area contributed by atoms with E-state index in [0.29, 0.717) is 31.6 Å². The number of amides is 1. The third-order valence-corrected chi connectivity index (χ3v) is 6.06. The quantitative estimate of drug-likeness (QED) is 0.762. The summed E-state index contributed by atoms with van der Waals surface area (Å²) >= 11 is 0. The Labute approximate surface area is 158 Å². The fourth-order valence-electron chi connectivity index (χ4n) is 3.14. The van der Waals surface area contributed by atoms with E-state index in [1.54, 1.807) is 29.2 Å². The number of carbonyl (C=O) groups excluding carboxylic acids is 1. The fourth-order valence-corrected chi connectivity index (χ4v) is 4.44. The highest BCUT2D eigenvalue weighted by molar-refractivity contribution is 7.89. The van der Waals surface area contributed by atoms with E-state index >= 15 is 0 Å². The van der Waals surface area contributed by atoms with Crippen molar-refractivity contribution in [3.05, 3.63) is 59.9 Å². The van der Waals surface area contributed by atoms with Crippen LogP contribution in [0, 0.1) is 5.82 Å². The minimum Gasteiger partial charge on any atom is -0.399 e. The molecule has 0 spiro atoms. The maximum atomic E-state index is 13.3. The number of nitrogen functional groups attached to an aromatic ring is 1. The lowest BCUT2D eigenvalue weighted by Crippen LogP contribution is -2.49. The SMILES string of the molecule is Nc1ccc(CC(=O)N2CCCC(NS(=O)(=O)c3cccc(F)c3)C2)cc1. The van der Waals surface area contributed by atoms with Gasteiger partial charge < -0.3 is 10.6 Å². The molecular weight excluding hydrogens is 369 g/mol. The van der Waals surface area contributed by atoms with Crippen molar-refractivity contribution >= 4 is 21.6 Å². The number of nitrogens with one attached hydrogen (secondary N) is 1. The lowest BCUT2D eigenvalue weighted by atomic mass is 10.0. The maximum Gasteiger partial charge on any atom is 0.240 e. The number of anilines is 1. The van der Waals surface area contributed by atoms with Crippen molar-refractivity contribution in [3.8, 4) is 0 Å². The topological polar surface area (TPSA) is 92.5 Å². The summed E-state index contributed by atoms with van der Waals surface area (Å²) in [4.78, 5) is 14.1. The summed E-state index contributed by atoms with van der Waals surface area (Å²) in [5.41, 5.74) is 7.14. The van der Waals surface area contributed by atoms with Gasteiger partial charge in [0.05, 0.1) is 11.3 Å². The number of carbonyl (C=O) groups is 1. The molecule has 3 N–H and O–H groups in total. The van der Waals surface area contributed by atoms with Gasteiger partial charge in [0.15, 0.2) is 0 Å². The first kappa shape index (κ1) is 19.3. The molecule has 1 saturated heterocycles. The number of nitrogens with zero attached hydrogens (tertiary/aromatic N) is 1. The van der Waals surface area contributed by atoms with Crippen molar-refractivity contribution in [1.29, 1.82) is 0 Å². The molecular formula is C19H22FN3O3S. The van der Waals surface area contributed by atoms with Gasteiger partial charge in [-0.25, -0.2) is 17.5 Å². The number of hydrogen-bond donors (Lipinski definition) is 2. The molecule has 1 fully saturated rings. The molecule has 1 aliphatic rings. The minimum absolute atomic E-state index is 0.0607. The average Bonchev–Trinajstić information content (AvgIpc) is 2.63. The number of benzene rings is 2. The van der Waals surface area contributed by atoms with Crippen LogP contribution in [0.3, 0.4) is 0 Å². The number of rotatable bonds is 5. The van der Waals surface area contributed by atoms with Crippen LogP contribution in [0.25, 0.3) is 0 Å². The van der Waals surface area contributed by atoms with E-state index in [4.69, 9.17) is 5.73 Å². The molecule has 3 rings (SSSR count). The Morgan fingerprint density at radius 3 is 2.67 bits per heavy atom. The maximum absolute atomic E-state index is 13.3. The summed E-state index contributed by atoms with van der Waals surface area (Å²) in [6, 6.07) is 11.6. The highest BCUT2D eigenvalue weighted by Gasteiger charge is 2.27. The van der Waals surface area contributed by atoms with Crippen LogP contribution in [0.4, 0.5) is 10.1 Å². The molecule has 27 heavy (non-hydrogen) atoms. The number of sulfonamides is 1. The molecule has 1 heterocycles. The van der Waals surface area contributed by atoms with E-state index in [0.717, 1.165) is 11.6 Å². The Balaban J connectivity index is 1.63. The standard InChI is InChI=1S/C19H22FN3O3S/c20-15-3-1-5-18(12-15)27(25,26)22-17-4-2-10-23(13-17)19(24)11-14-6-8-16(21)9-7-14/h1,3,5-9,12,17,22H,2,4,10-11,13,21H2. The van der Waals surface area contributed by atoms with Crippen LogP contribution in [0.5, 0.6) is 0 Å². The molecule has 8 heteroatoms. The van der Waals surface area contributed by atoms with Crippen LogP contribution in [-0.4, -0.2) is 38.4 Å². The van der Waals surface area contributed by atoms with E-state index in [1.165, 1.54) is 18.2 Å². The van der Waals surface area contributed by atoms with Gasteiger partial charge in [0.1, 0.15) is 5.82 Å². The van der Waals surface area contributed by atoms with Crippen LogP contribution in [0.1, 0.15) is 18.4 Å². The van der Waals surface area contributed by atoms with E-state index in [2.05, 4.69) is 4.72 Å². The molecule has 144 valence electrons. The summed E-state index contributed by atoms with van der Waals surface area (Å²) in [6.07, 6.45) is 1.56.